The van der Waals surface area contributed by atoms with E-state index in [1.807, 2.05) is 0 Å². The summed E-state index contributed by atoms with van der Waals surface area (Å²) in [7, 11) is -3.35. The van der Waals surface area contributed by atoms with Gasteiger partial charge in [0.2, 0.25) is 0 Å². The Morgan fingerprint density at radius 3 is 2.43 bits per heavy atom. The standard InChI is InChI=1S/C15H24N2O3S/c1-10(2)7-13(9-16)17-15(18)12-6-5-11(3)14(8-12)21(4,19)20/h5-6,8,10,13H,7,9,16H2,1-4H3,(H,17,18). The zero-order valence-electron chi connectivity index (χ0n) is 13.0. The van der Waals surface area contributed by atoms with Crippen LogP contribution in [-0.4, -0.2) is 33.2 Å². The normalized spacial score (nSPS) is 13.2. The summed E-state index contributed by atoms with van der Waals surface area (Å²) in [5, 5.41) is 2.85. The minimum atomic E-state index is -3.35. The van der Waals surface area contributed by atoms with Gasteiger partial charge < -0.3 is 11.1 Å². The van der Waals surface area contributed by atoms with Crippen LogP contribution in [-0.2, 0) is 9.84 Å². The summed E-state index contributed by atoms with van der Waals surface area (Å²) in [6.45, 7) is 6.18. The third kappa shape index (κ3) is 5.13. The predicted molar refractivity (Wildman–Crippen MR) is 84.1 cm³/mol. The van der Waals surface area contributed by atoms with E-state index in [-0.39, 0.29) is 16.8 Å². The van der Waals surface area contributed by atoms with Gasteiger partial charge >= 0.3 is 0 Å². The number of hydrogen-bond acceptors (Lipinski definition) is 4. The Bertz CT molecular complexity index is 609. The molecule has 0 radical (unpaired) electrons. The van der Waals surface area contributed by atoms with Crippen LogP contribution in [0.2, 0.25) is 0 Å². The van der Waals surface area contributed by atoms with Crippen LogP contribution >= 0.6 is 0 Å². The molecule has 0 bridgehead atoms. The molecule has 1 aromatic rings. The molecule has 0 aliphatic rings. The van der Waals surface area contributed by atoms with Crippen molar-refractivity contribution in [2.75, 3.05) is 12.8 Å². The van der Waals surface area contributed by atoms with Crippen molar-refractivity contribution in [3.8, 4) is 0 Å². The average Bonchev–Trinajstić information content (AvgIpc) is 2.36. The van der Waals surface area contributed by atoms with Gasteiger partial charge in [0.25, 0.3) is 5.91 Å². The fraction of sp³-hybridized carbons (Fsp3) is 0.533. The van der Waals surface area contributed by atoms with Gasteiger partial charge in [-0.05, 0) is 37.0 Å². The molecule has 0 spiro atoms. The Kier molecular flexibility index (Phi) is 5.92. The first-order valence-corrected chi connectivity index (χ1v) is 8.86. The Morgan fingerprint density at radius 2 is 1.95 bits per heavy atom. The van der Waals surface area contributed by atoms with E-state index in [9.17, 15) is 13.2 Å². The summed E-state index contributed by atoms with van der Waals surface area (Å²) in [5.74, 6) is 0.124. The maximum Gasteiger partial charge on any atom is 0.251 e. The number of benzene rings is 1. The van der Waals surface area contributed by atoms with Gasteiger partial charge in [-0.25, -0.2) is 8.42 Å². The minimum Gasteiger partial charge on any atom is -0.348 e. The van der Waals surface area contributed by atoms with Crippen molar-refractivity contribution in [3.05, 3.63) is 29.3 Å². The summed E-state index contributed by atoms with van der Waals surface area (Å²) in [5.41, 5.74) is 6.63. The van der Waals surface area contributed by atoms with Gasteiger partial charge in [-0.2, -0.15) is 0 Å². The zero-order valence-corrected chi connectivity index (χ0v) is 13.8. The van der Waals surface area contributed by atoms with Crippen molar-refractivity contribution >= 4 is 15.7 Å². The van der Waals surface area contributed by atoms with Gasteiger partial charge in [0.1, 0.15) is 0 Å². The first-order chi connectivity index (χ1) is 9.65. The summed E-state index contributed by atoms with van der Waals surface area (Å²) in [6.07, 6.45) is 1.92. The van der Waals surface area contributed by atoms with Gasteiger partial charge in [0, 0.05) is 24.4 Å². The van der Waals surface area contributed by atoms with Crippen molar-refractivity contribution in [1.82, 2.24) is 5.32 Å². The van der Waals surface area contributed by atoms with Gasteiger partial charge in [-0.1, -0.05) is 19.9 Å². The molecule has 1 rings (SSSR count). The Morgan fingerprint density at radius 1 is 1.33 bits per heavy atom. The van der Waals surface area contributed by atoms with Crippen LogP contribution in [0.1, 0.15) is 36.2 Å². The van der Waals surface area contributed by atoms with Crippen molar-refractivity contribution in [3.63, 3.8) is 0 Å². The number of nitrogens with two attached hydrogens (primary N) is 1. The van der Waals surface area contributed by atoms with Crippen molar-refractivity contribution in [2.45, 2.75) is 38.1 Å². The number of nitrogens with one attached hydrogen (secondary N) is 1. The maximum atomic E-state index is 12.2. The highest BCUT2D eigenvalue weighted by molar-refractivity contribution is 7.90. The third-order valence-electron chi connectivity index (χ3n) is 3.23. The Balaban J connectivity index is 2.98. The van der Waals surface area contributed by atoms with E-state index in [0.29, 0.717) is 23.6 Å². The molecule has 118 valence electrons. The summed E-state index contributed by atoms with van der Waals surface area (Å²) in [6, 6.07) is 4.58. The Labute approximate surface area is 126 Å². The molecule has 0 aliphatic carbocycles. The van der Waals surface area contributed by atoms with E-state index in [2.05, 4.69) is 19.2 Å². The minimum absolute atomic E-state index is 0.111. The highest BCUT2D eigenvalue weighted by Gasteiger charge is 2.17. The molecule has 1 atom stereocenters. The molecule has 3 N–H and O–H groups in total. The molecule has 1 unspecified atom stereocenters. The number of rotatable bonds is 6. The van der Waals surface area contributed by atoms with Gasteiger partial charge in [-0.15, -0.1) is 0 Å². The SMILES string of the molecule is Cc1ccc(C(=O)NC(CN)CC(C)C)cc1S(C)(=O)=O. The number of aryl methyl sites for hydroxylation is 1. The fourth-order valence-corrected chi connectivity index (χ4v) is 3.19. The lowest BCUT2D eigenvalue weighted by atomic mass is 10.0. The summed E-state index contributed by atoms with van der Waals surface area (Å²) in [4.78, 5) is 12.4. The second-order valence-electron chi connectivity index (χ2n) is 5.79. The van der Waals surface area contributed by atoms with Crippen molar-refractivity contribution < 1.29 is 13.2 Å². The second kappa shape index (κ2) is 7.04. The number of sulfone groups is 1. The van der Waals surface area contributed by atoms with Crippen molar-refractivity contribution in [2.24, 2.45) is 11.7 Å². The van der Waals surface area contributed by atoms with Crippen LogP contribution in [0.4, 0.5) is 0 Å². The summed E-state index contributed by atoms with van der Waals surface area (Å²) >= 11 is 0. The molecule has 0 aromatic heterocycles. The van der Waals surface area contributed by atoms with Crippen LogP contribution in [0.15, 0.2) is 23.1 Å². The molecule has 0 saturated carbocycles. The molecule has 21 heavy (non-hydrogen) atoms. The van der Waals surface area contributed by atoms with Gasteiger partial charge in [0.15, 0.2) is 9.84 Å². The molecule has 5 nitrogen and oxygen atoms in total. The monoisotopic (exact) mass is 312 g/mol. The van der Waals surface area contributed by atoms with Crippen molar-refractivity contribution in [1.29, 1.82) is 0 Å². The smallest absolute Gasteiger partial charge is 0.251 e. The average molecular weight is 312 g/mol. The molecule has 1 aromatic carbocycles. The van der Waals surface area contributed by atoms with E-state index in [4.69, 9.17) is 5.73 Å². The molecule has 6 heteroatoms. The maximum absolute atomic E-state index is 12.2. The highest BCUT2D eigenvalue weighted by Crippen LogP contribution is 2.17. The number of carbonyl (C=O) groups is 1. The van der Waals surface area contributed by atoms with Crippen LogP contribution in [0.25, 0.3) is 0 Å². The van der Waals surface area contributed by atoms with Crippen LogP contribution in [0.3, 0.4) is 0 Å². The van der Waals surface area contributed by atoms with Crippen LogP contribution in [0, 0.1) is 12.8 Å². The van der Waals surface area contributed by atoms with Gasteiger partial charge in [-0.3, -0.25) is 4.79 Å². The molecular formula is C15H24N2O3S. The van der Waals surface area contributed by atoms with Crippen LogP contribution in [0.5, 0.6) is 0 Å². The molecule has 0 fully saturated rings. The largest absolute Gasteiger partial charge is 0.348 e. The lowest BCUT2D eigenvalue weighted by Gasteiger charge is -2.19. The van der Waals surface area contributed by atoms with E-state index < -0.39 is 9.84 Å². The quantitative estimate of drug-likeness (QED) is 0.833. The highest BCUT2D eigenvalue weighted by atomic mass is 32.2. The third-order valence-corrected chi connectivity index (χ3v) is 4.46. The lowest BCUT2D eigenvalue weighted by molar-refractivity contribution is 0.0933. The summed E-state index contributed by atoms with van der Waals surface area (Å²) < 4.78 is 23.4. The first kappa shape index (κ1) is 17.7. The zero-order chi connectivity index (χ0) is 16.2. The molecule has 1 amide bonds. The topological polar surface area (TPSA) is 89.3 Å². The predicted octanol–water partition coefficient (Wildman–Crippen LogP) is 1.50. The number of carbonyl (C=O) groups excluding carboxylic acids is 1. The number of amides is 1. The second-order valence-corrected chi connectivity index (χ2v) is 7.77. The first-order valence-electron chi connectivity index (χ1n) is 6.96. The van der Waals surface area contributed by atoms with E-state index in [0.717, 1.165) is 12.7 Å². The Hall–Kier alpha value is -1.40. The van der Waals surface area contributed by atoms with E-state index >= 15 is 0 Å². The van der Waals surface area contributed by atoms with E-state index in [1.54, 1.807) is 19.1 Å². The lowest BCUT2D eigenvalue weighted by Crippen LogP contribution is -2.41. The van der Waals surface area contributed by atoms with E-state index in [1.165, 1.54) is 6.07 Å². The fourth-order valence-electron chi connectivity index (χ4n) is 2.19. The molecule has 0 aliphatic heterocycles. The molecule has 0 heterocycles. The molecule has 0 saturated heterocycles. The van der Waals surface area contributed by atoms with Gasteiger partial charge in [0.05, 0.1) is 4.90 Å². The number of hydrogen-bond donors (Lipinski definition) is 2. The molecular weight excluding hydrogens is 288 g/mol. The van der Waals surface area contributed by atoms with Crippen LogP contribution < -0.4 is 11.1 Å².